The summed E-state index contributed by atoms with van der Waals surface area (Å²) >= 11 is 0. The van der Waals surface area contributed by atoms with E-state index in [0.717, 1.165) is 0 Å². The van der Waals surface area contributed by atoms with Crippen LogP contribution in [0.1, 0.15) is 39.0 Å². The van der Waals surface area contributed by atoms with Gasteiger partial charge in [-0.15, -0.1) is 30.6 Å². The Kier molecular flexibility index (Phi) is 15.3. The number of rotatable bonds is 5. The van der Waals surface area contributed by atoms with Crippen molar-refractivity contribution >= 4 is 24.0 Å². The van der Waals surface area contributed by atoms with Crippen molar-refractivity contribution < 1.29 is 0 Å². The van der Waals surface area contributed by atoms with Crippen LogP contribution in [0.3, 0.4) is 0 Å². The van der Waals surface area contributed by atoms with Crippen molar-refractivity contribution in [1.82, 2.24) is 0 Å². The topological polar surface area (TPSA) is 0 Å². The fourth-order valence-corrected chi connectivity index (χ4v) is 0.715. The van der Waals surface area contributed by atoms with E-state index in [1.165, 1.54) is 32.1 Å². The molecule has 56 valence electrons. The molecule has 0 aliphatic rings. The Morgan fingerprint density at radius 1 is 1.22 bits per heavy atom. The van der Waals surface area contributed by atoms with Crippen LogP contribution in [0.15, 0.2) is 12.7 Å². The fraction of sp³-hybridized carbons (Fsp3) is 0.750. The lowest BCUT2D eigenvalue weighted by Gasteiger charge is -1.91. The Bertz CT molecular complexity index is 50.5. The van der Waals surface area contributed by atoms with E-state index in [4.69, 9.17) is 0 Å². The molecule has 0 amide bonds. The van der Waals surface area contributed by atoms with Crippen LogP contribution in [0.4, 0.5) is 0 Å². The average Bonchev–Trinajstić information content (AvgIpc) is 1.81. The monoisotopic (exact) mass is 240 g/mol. The third-order valence-electron chi connectivity index (χ3n) is 1.26. The van der Waals surface area contributed by atoms with Gasteiger partial charge in [-0.1, -0.05) is 32.3 Å². The molecule has 0 saturated heterocycles. The first-order valence-corrected chi connectivity index (χ1v) is 3.52. The van der Waals surface area contributed by atoms with E-state index in [1.54, 1.807) is 0 Å². The molecule has 1 heteroatoms. The minimum absolute atomic E-state index is 0. The Balaban J connectivity index is 0. The van der Waals surface area contributed by atoms with Crippen LogP contribution < -0.4 is 0 Å². The molecule has 0 atom stereocenters. The predicted molar refractivity (Wildman–Crippen MR) is 54.4 cm³/mol. The fourth-order valence-electron chi connectivity index (χ4n) is 0.715. The van der Waals surface area contributed by atoms with Gasteiger partial charge in [0.05, 0.1) is 0 Å². The van der Waals surface area contributed by atoms with Crippen molar-refractivity contribution in [2.24, 2.45) is 0 Å². The molecule has 0 aliphatic heterocycles. The molecule has 0 rings (SSSR count). The molecule has 0 aromatic carbocycles. The molecule has 0 radical (unpaired) electrons. The second kappa shape index (κ2) is 11.3. The summed E-state index contributed by atoms with van der Waals surface area (Å²) in [6, 6.07) is 0. The zero-order chi connectivity index (χ0) is 6.24. The van der Waals surface area contributed by atoms with Crippen molar-refractivity contribution in [3.63, 3.8) is 0 Å². The average molecular weight is 240 g/mol. The molecule has 0 heterocycles. The van der Waals surface area contributed by atoms with Crippen LogP contribution in [-0.2, 0) is 0 Å². The predicted octanol–water partition coefficient (Wildman–Crippen LogP) is 3.76. The SMILES string of the molecule is C=CCCCCCC.I. The summed E-state index contributed by atoms with van der Waals surface area (Å²) < 4.78 is 0. The van der Waals surface area contributed by atoms with Crippen LogP contribution >= 0.6 is 24.0 Å². The van der Waals surface area contributed by atoms with Gasteiger partial charge in [0.1, 0.15) is 0 Å². The van der Waals surface area contributed by atoms with E-state index in [-0.39, 0.29) is 24.0 Å². The number of unbranched alkanes of at least 4 members (excludes halogenated alkanes) is 4. The summed E-state index contributed by atoms with van der Waals surface area (Å²) in [4.78, 5) is 0. The molecule has 9 heavy (non-hydrogen) atoms. The minimum atomic E-state index is 0. The lowest BCUT2D eigenvalue weighted by molar-refractivity contribution is 0.675. The van der Waals surface area contributed by atoms with Gasteiger partial charge in [0.15, 0.2) is 0 Å². The summed E-state index contributed by atoms with van der Waals surface area (Å²) in [6.07, 6.45) is 8.61. The van der Waals surface area contributed by atoms with E-state index < -0.39 is 0 Å². The molecule has 0 bridgehead atoms. The normalized spacial score (nSPS) is 8.11. The zero-order valence-electron chi connectivity index (χ0n) is 6.23. The van der Waals surface area contributed by atoms with Crippen LogP contribution in [0.25, 0.3) is 0 Å². The molecule has 0 aromatic rings. The van der Waals surface area contributed by atoms with Crippen LogP contribution in [0.2, 0.25) is 0 Å². The van der Waals surface area contributed by atoms with Gasteiger partial charge in [0, 0.05) is 0 Å². The highest BCUT2D eigenvalue weighted by Gasteiger charge is 1.81. The summed E-state index contributed by atoms with van der Waals surface area (Å²) in [5, 5.41) is 0. The first-order valence-electron chi connectivity index (χ1n) is 3.52. The third-order valence-corrected chi connectivity index (χ3v) is 1.26. The van der Waals surface area contributed by atoms with Crippen molar-refractivity contribution in [2.45, 2.75) is 39.0 Å². The number of hydrogen-bond acceptors (Lipinski definition) is 0. The molecule has 0 nitrogen and oxygen atoms in total. The van der Waals surface area contributed by atoms with E-state index >= 15 is 0 Å². The van der Waals surface area contributed by atoms with Gasteiger partial charge in [-0.05, 0) is 12.8 Å². The van der Waals surface area contributed by atoms with E-state index in [0.29, 0.717) is 0 Å². The molecule has 0 saturated carbocycles. The van der Waals surface area contributed by atoms with Gasteiger partial charge in [-0.3, -0.25) is 0 Å². The highest BCUT2D eigenvalue weighted by molar-refractivity contribution is 14.0. The Morgan fingerprint density at radius 3 is 2.33 bits per heavy atom. The Morgan fingerprint density at radius 2 is 1.89 bits per heavy atom. The number of hydrogen-bond donors (Lipinski definition) is 0. The van der Waals surface area contributed by atoms with Crippen LogP contribution in [0, 0.1) is 0 Å². The van der Waals surface area contributed by atoms with Crippen molar-refractivity contribution in [3.8, 4) is 0 Å². The maximum atomic E-state index is 3.66. The minimum Gasteiger partial charge on any atom is -0.107 e. The van der Waals surface area contributed by atoms with Crippen LogP contribution in [0.5, 0.6) is 0 Å². The van der Waals surface area contributed by atoms with Gasteiger partial charge in [0.2, 0.25) is 0 Å². The standard InChI is InChI=1S/C8H16.HI/c1-3-5-7-8-6-4-2;/h3H,1,4-8H2,2H3;1H. The van der Waals surface area contributed by atoms with Crippen molar-refractivity contribution in [2.75, 3.05) is 0 Å². The van der Waals surface area contributed by atoms with E-state index in [2.05, 4.69) is 13.5 Å². The van der Waals surface area contributed by atoms with Crippen LogP contribution in [-0.4, -0.2) is 0 Å². The van der Waals surface area contributed by atoms with Gasteiger partial charge in [-0.25, -0.2) is 0 Å². The molecule has 0 aliphatic carbocycles. The van der Waals surface area contributed by atoms with Crippen molar-refractivity contribution in [3.05, 3.63) is 12.7 Å². The first-order chi connectivity index (χ1) is 3.91. The van der Waals surface area contributed by atoms with Gasteiger partial charge in [-0.2, -0.15) is 0 Å². The summed E-state index contributed by atoms with van der Waals surface area (Å²) in [6.45, 7) is 5.89. The van der Waals surface area contributed by atoms with E-state index in [1.807, 2.05) is 6.08 Å². The molecule has 0 unspecified atom stereocenters. The largest absolute Gasteiger partial charge is 0.107 e. The van der Waals surface area contributed by atoms with Gasteiger partial charge < -0.3 is 0 Å². The summed E-state index contributed by atoms with van der Waals surface area (Å²) in [5.74, 6) is 0. The second-order valence-electron chi connectivity index (χ2n) is 2.14. The van der Waals surface area contributed by atoms with Gasteiger partial charge >= 0.3 is 0 Å². The maximum absolute atomic E-state index is 3.66. The van der Waals surface area contributed by atoms with E-state index in [9.17, 15) is 0 Å². The number of allylic oxidation sites excluding steroid dienone is 1. The molecule has 0 N–H and O–H groups in total. The first kappa shape index (κ1) is 12.2. The molecule has 0 spiro atoms. The molecular formula is C8H17I. The maximum Gasteiger partial charge on any atom is -0.0353 e. The molecule has 0 fully saturated rings. The smallest absolute Gasteiger partial charge is 0.0353 e. The highest BCUT2D eigenvalue weighted by atomic mass is 127. The second-order valence-corrected chi connectivity index (χ2v) is 2.14. The summed E-state index contributed by atoms with van der Waals surface area (Å²) in [7, 11) is 0. The molecular weight excluding hydrogens is 223 g/mol. The number of halogens is 1. The van der Waals surface area contributed by atoms with Crippen molar-refractivity contribution in [1.29, 1.82) is 0 Å². The highest BCUT2D eigenvalue weighted by Crippen LogP contribution is 2.01. The lowest BCUT2D eigenvalue weighted by atomic mass is 10.2. The molecule has 0 aromatic heterocycles. The lowest BCUT2D eigenvalue weighted by Crippen LogP contribution is -1.71. The summed E-state index contributed by atoms with van der Waals surface area (Å²) in [5.41, 5.74) is 0. The quantitative estimate of drug-likeness (QED) is 0.390. The Hall–Kier alpha value is 0.470. The van der Waals surface area contributed by atoms with Gasteiger partial charge in [0.25, 0.3) is 0 Å². The third kappa shape index (κ3) is 11.8. The zero-order valence-corrected chi connectivity index (χ0v) is 8.56. The Labute approximate surface area is 75.7 Å².